The molecule has 2 unspecified atom stereocenters. The summed E-state index contributed by atoms with van der Waals surface area (Å²) in [5, 5.41) is 0. The van der Waals surface area contributed by atoms with Crippen molar-refractivity contribution >= 4 is 5.91 Å². The van der Waals surface area contributed by atoms with Crippen LogP contribution in [0.3, 0.4) is 0 Å². The van der Waals surface area contributed by atoms with Gasteiger partial charge >= 0.3 is 0 Å². The predicted molar refractivity (Wildman–Crippen MR) is 76.3 cm³/mol. The lowest BCUT2D eigenvalue weighted by atomic mass is 9.92. The van der Waals surface area contributed by atoms with E-state index in [1.54, 1.807) is 0 Å². The number of likely N-dealkylation sites (tertiary alicyclic amines) is 1. The Labute approximate surface area is 112 Å². The lowest BCUT2D eigenvalue weighted by Gasteiger charge is -2.38. The van der Waals surface area contributed by atoms with Gasteiger partial charge in [-0.25, -0.2) is 0 Å². The second-order valence-electron chi connectivity index (χ2n) is 5.77. The molecule has 1 heterocycles. The Morgan fingerprint density at radius 3 is 2.67 bits per heavy atom. The maximum atomic E-state index is 12.2. The van der Waals surface area contributed by atoms with Crippen molar-refractivity contribution in [3.63, 3.8) is 0 Å². The number of carbonyl (C=O) groups excluding carboxylic acids is 1. The van der Waals surface area contributed by atoms with Crippen molar-refractivity contribution in [2.24, 2.45) is 11.7 Å². The van der Waals surface area contributed by atoms with Crippen molar-refractivity contribution < 1.29 is 4.79 Å². The Kier molecular flexibility index (Phi) is 7.33. The molecule has 106 valence electrons. The monoisotopic (exact) mass is 254 g/mol. The number of amides is 1. The van der Waals surface area contributed by atoms with E-state index in [2.05, 4.69) is 13.8 Å². The fourth-order valence-electron chi connectivity index (χ4n) is 2.83. The van der Waals surface area contributed by atoms with Crippen LogP contribution in [0.15, 0.2) is 0 Å². The molecule has 0 aromatic rings. The summed E-state index contributed by atoms with van der Waals surface area (Å²) < 4.78 is 0. The first-order chi connectivity index (χ1) is 8.69. The highest BCUT2D eigenvalue weighted by molar-refractivity contribution is 5.76. The maximum Gasteiger partial charge on any atom is 0.222 e. The topological polar surface area (TPSA) is 46.3 Å². The summed E-state index contributed by atoms with van der Waals surface area (Å²) in [6.07, 6.45) is 8.99. The fourth-order valence-corrected chi connectivity index (χ4v) is 2.83. The van der Waals surface area contributed by atoms with Gasteiger partial charge in [-0.2, -0.15) is 0 Å². The van der Waals surface area contributed by atoms with Crippen LogP contribution in [0.5, 0.6) is 0 Å². The average molecular weight is 254 g/mol. The number of nitrogens with two attached hydrogens (primary N) is 1. The molecule has 0 aromatic heterocycles. The summed E-state index contributed by atoms with van der Waals surface area (Å²) >= 11 is 0. The summed E-state index contributed by atoms with van der Waals surface area (Å²) in [6.45, 7) is 6.00. The minimum absolute atomic E-state index is 0.289. The molecule has 1 fully saturated rings. The molecule has 0 saturated carbocycles. The molecular formula is C15H30N2O. The molecule has 1 amide bonds. The van der Waals surface area contributed by atoms with Crippen LogP contribution in [0.4, 0.5) is 0 Å². The third-order valence-corrected chi connectivity index (χ3v) is 4.06. The zero-order valence-electron chi connectivity index (χ0n) is 12.2. The van der Waals surface area contributed by atoms with Gasteiger partial charge in [0.05, 0.1) is 0 Å². The smallest absolute Gasteiger partial charge is 0.222 e. The molecule has 0 radical (unpaired) electrons. The van der Waals surface area contributed by atoms with Crippen molar-refractivity contribution in [1.29, 1.82) is 0 Å². The maximum absolute atomic E-state index is 12.2. The third kappa shape index (κ3) is 4.97. The first-order valence-corrected chi connectivity index (χ1v) is 7.68. The molecular weight excluding hydrogens is 224 g/mol. The van der Waals surface area contributed by atoms with E-state index in [0.717, 1.165) is 25.8 Å². The molecule has 1 aliphatic rings. The Balaban J connectivity index is 2.27. The molecule has 3 nitrogen and oxygen atoms in total. The summed E-state index contributed by atoms with van der Waals surface area (Å²) in [4.78, 5) is 14.2. The molecule has 1 saturated heterocycles. The van der Waals surface area contributed by atoms with Crippen molar-refractivity contribution in [3.05, 3.63) is 0 Å². The van der Waals surface area contributed by atoms with Crippen molar-refractivity contribution in [2.75, 3.05) is 13.1 Å². The molecule has 0 aromatic carbocycles. The molecule has 0 aliphatic carbocycles. The van der Waals surface area contributed by atoms with Crippen LogP contribution in [0, 0.1) is 5.92 Å². The minimum Gasteiger partial charge on any atom is -0.338 e. The van der Waals surface area contributed by atoms with E-state index in [-0.39, 0.29) is 6.04 Å². The van der Waals surface area contributed by atoms with Gasteiger partial charge in [0.15, 0.2) is 0 Å². The van der Waals surface area contributed by atoms with E-state index in [1.165, 1.54) is 25.7 Å². The largest absolute Gasteiger partial charge is 0.338 e. The van der Waals surface area contributed by atoms with E-state index in [1.807, 2.05) is 4.90 Å². The molecule has 0 spiro atoms. The standard InChI is InChI=1S/C15H30N2O/c1-3-4-5-6-7-8-15(18)17-10-9-13(2)11-14(17)12-16/h13-14H,3-12,16H2,1-2H3. The summed E-state index contributed by atoms with van der Waals surface area (Å²) in [6, 6.07) is 0.289. The molecule has 0 bridgehead atoms. The van der Waals surface area contributed by atoms with Crippen LogP contribution in [-0.2, 0) is 4.79 Å². The number of nitrogens with zero attached hydrogens (tertiary/aromatic N) is 1. The highest BCUT2D eigenvalue weighted by Gasteiger charge is 2.28. The zero-order chi connectivity index (χ0) is 13.4. The number of hydrogen-bond donors (Lipinski definition) is 1. The number of rotatable bonds is 7. The first-order valence-electron chi connectivity index (χ1n) is 7.68. The van der Waals surface area contributed by atoms with Gasteiger partial charge < -0.3 is 10.6 Å². The summed E-state index contributed by atoms with van der Waals surface area (Å²) in [7, 11) is 0. The van der Waals surface area contributed by atoms with Crippen LogP contribution in [0.25, 0.3) is 0 Å². The molecule has 1 rings (SSSR count). The SMILES string of the molecule is CCCCCCCC(=O)N1CCC(C)CC1CN. The summed E-state index contributed by atoms with van der Waals surface area (Å²) in [5.74, 6) is 1.04. The highest BCUT2D eigenvalue weighted by Crippen LogP contribution is 2.23. The molecule has 3 heteroatoms. The van der Waals surface area contributed by atoms with E-state index in [0.29, 0.717) is 24.8 Å². The number of unbranched alkanes of at least 4 members (excludes halogenated alkanes) is 4. The molecule has 18 heavy (non-hydrogen) atoms. The number of hydrogen-bond acceptors (Lipinski definition) is 2. The van der Waals surface area contributed by atoms with Gasteiger partial charge in [0.25, 0.3) is 0 Å². The summed E-state index contributed by atoms with van der Waals surface area (Å²) in [5.41, 5.74) is 5.79. The Hall–Kier alpha value is -0.570. The van der Waals surface area contributed by atoms with Crippen molar-refractivity contribution in [3.8, 4) is 0 Å². The lowest BCUT2D eigenvalue weighted by molar-refractivity contribution is -0.135. The Morgan fingerprint density at radius 1 is 1.28 bits per heavy atom. The van der Waals surface area contributed by atoms with Gasteiger partial charge in [0, 0.05) is 25.6 Å². The van der Waals surface area contributed by atoms with Crippen LogP contribution < -0.4 is 5.73 Å². The van der Waals surface area contributed by atoms with E-state index < -0.39 is 0 Å². The van der Waals surface area contributed by atoms with Gasteiger partial charge in [0.1, 0.15) is 0 Å². The Bertz CT molecular complexity index is 243. The lowest BCUT2D eigenvalue weighted by Crippen LogP contribution is -2.49. The fraction of sp³-hybridized carbons (Fsp3) is 0.933. The third-order valence-electron chi connectivity index (χ3n) is 4.06. The number of carbonyl (C=O) groups is 1. The normalized spacial score (nSPS) is 24.3. The van der Waals surface area contributed by atoms with Crippen LogP contribution in [0.2, 0.25) is 0 Å². The average Bonchev–Trinajstić information content (AvgIpc) is 2.38. The zero-order valence-corrected chi connectivity index (χ0v) is 12.2. The molecule has 1 aliphatic heterocycles. The second-order valence-corrected chi connectivity index (χ2v) is 5.77. The molecule has 2 atom stereocenters. The van der Waals surface area contributed by atoms with Crippen LogP contribution >= 0.6 is 0 Å². The van der Waals surface area contributed by atoms with E-state index in [4.69, 9.17) is 5.73 Å². The quantitative estimate of drug-likeness (QED) is 0.710. The molecule has 2 N–H and O–H groups in total. The van der Waals surface area contributed by atoms with E-state index in [9.17, 15) is 4.79 Å². The second kappa shape index (κ2) is 8.52. The number of piperidine rings is 1. The predicted octanol–water partition coefficient (Wildman–Crippen LogP) is 2.93. The van der Waals surface area contributed by atoms with Crippen molar-refractivity contribution in [2.45, 2.75) is 71.3 Å². The first kappa shape index (κ1) is 15.5. The van der Waals surface area contributed by atoms with Gasteiger partial charge in [-0.1, -0.05) is 39.5 Å². The highest BCUT2D eigenvalue weighted by atomic mass is 16.2. The van der Waals surface area contributed by atoms with Gasteiger partial charge in [-0.3, -0.25) is 4.79 Å². The minimum atomic E-state index is 0.289. The van der Waals surface area contributed by atoms with E-state index >= 15 is 0 Å². The van der Waals surface area contributed by atoms with Crippen LogP contribution in [-0.4, -0.2) is 29.9 Å². The Morgan fingerprint density at radius 2 is 2.00 bits per heavy atom. The van der Waals surface area contributed by atoms with Crippen molar-refractivity contribution in [1.82, 2.24) is 4.90 Å². The van der Waals surface area contributed by atoms with Gasteiger partial charge in [0.2, 0.25) is 5.91 Å². The van der Waals surface area contributed by atoms with Gasteiger partial charge in [-0.05, 0) is 25.2 Å². The van der Waals surface area contributed by atoms with Gasteiger partial charge in [-0.15, -0.1) is 0 Å². The van der Waals surface area contributed by atoms with Crippen LogP contribution in [0.1, 0.15) is 65.2 Å².